The lowest BCUT2D eigenvalue weighted by Crippen LogP contribution is -2.00. The van der Waals surface area contributed by atoms with Gasteiger partial charge in [-0.15, -0.1) is 0 Å². The van der Waals surface area contributed by atoms with Crippen LogP contribution >= 0.6 is 35.2 Å². The molecule has 0 heterocycles. The molecule has 6 heteroatoms. The molecule has 0 aliphatic rings. The van der Waals surface area contributed by atoms with Gasteiger partial charge >= 0.3 is 9.89 Å². The molecule has 2 nitrogen and oxygen atoms in total. The zero-order chi connectivity index (χ0) is 7.49. The molecule has 0 saturated heterocycles. The Hall–Kier alpha value is 0.330. The minimum absolute atomic E-state index is 0.0563. The quantitative estimate of drug-likeness (QED) is 0.496. The van der Waals surface area contributed by atoms with Gasteiger partial charge in [-0.25, -0.2) is 0 Å². The summed E-state index contributed by atoms with van der Waals surface area (Å²) >= 11 is 9.58. The van der Waals surface area contributed by atoms with Crippen LogP contribution in [0.3, 0.4) is 0 Å². The summed E-state index contributed by atoms with van der Waals surface area (Å²) in [6.07, 6.45) is 0. The molecule has 0 aromatic rings. The van der Waals surface area contributed by atoms with E-state index in [-0.39, 0.29) is 12.0 Å². The smallest absolute Gasteiger partial charge is 0.340 e. The lowest BCUT2D eigenvalue weighted by Gasteiger charge is -2.04. The molecule has 0 fully saturated rings. The van der Waals surface area contributed by atoms with Crippen LogP contribution in [0.4, 0.5) is 4.39 Å². The lowest BCUT2D eigenvalue weighted by atomic mass is 10.9. The van der Waals surface area contributed by atoms with Crippen molar-refractivity contribution in [2.75, 3.05) is 0 Å². The predicted molar refractivity (Wildman–Crippen MR) is 34.9 cm³/mol. The minimum Gasteiger partial charge on any atom is -0.385 e. The molecule has 0 aromatic carbocycles. The van der Waals surface area contributed by atoms with Crippen LogP contribution in [-0.4, -0.2) is 9.89 Å². The number of halogens is 3. The minimum atomic E-state index is -2.55. The van der Waals surface area contributed by atoms with Gasteiger partial charge in [-0.2, -0.15) is 4.39 Å². The van der Waals surface area contributed by atoms with Gasteiger partial charge in [-0.1, -0.05) is 23.2 Å². The van der Waals surface area contributed by atoms with E-state index in [1.54, 1.807) is 0 Å². The molecular formula is C3H3Cl2FO2S. The number of alkyl halides is 3. The topological polar surface area (TPSA) is 26.3 Å². The van der Waals surface area contributed by atoms with Crippen molar-refractivity contribution in [1.29, 1.82) is 0 Å². The summed E-state index contributed by atoms with van der Waals surface area (Å²) in [5, 5.41) is 0. The fraction of sp³-hybridized carbons (Fsp3) is 0.667. The van der Waals surface area contributed by atoms with Crippen LogP contribution in [0.1, 0.15) is 6.92 Å². The standard InChI is InChI=1S/C3H3Cl2FO2S/c1-2(7)8-9-3(4,5)6/h1H3. The second kappa shape index (κ2) is 3.49. The van der Waals surface area contributed by atoms with Crippen molar-refractivity contribution in [3.63, 3.8) is 0 Å². The van der Waals surface area contributed by atoms with Gasteiger partial charge in [0.15, 0.2) is 0 Å². The second-order valence-corrected chi connectivity index (χ2v) is 3.68. The van der Waals surface area contributed by atoms with Gasteiger partial charge in [0, 0.05) is 6.92 Å². The largest absolute Gasteiger partial charge is 0.385 e. The zero-order valence-electron chi connectivity index (χ0n) is 4.36. The first-order valence-electron chi connectivity index (χ1n) is 1.85. The summed E-state index contributed by atoms with van der Waals surface area (Å²) in [7, 11) is 0. The summed E-state index contributed by atoms with van der Waals surface area (Å²) in [6.45, 7) is 1.12. The van der Waals surface area contributed by atoms with Crippen molar-refractivity contribution in [2.45, 2.75) is 10.8 Å². The molecule has 0 spiro atoms. The van der Waals surface area contributed by atoms with E-state index in [1.165, 1.54) is 0 Å². The van der Waals surface area contributed by atoms with Gasteiger partial charge in [-0.05, 0) is 0 Å². The fourth-order valence-corrected chi connectivity index (χ4v) is 0.507. The highest BCUT2D eigenvalue weighted by molar-refractivity contribution is 7.98. The highest BCUT2D eigenvalue weighted by atomic mass is 35.5. The summed E-state index contributed by atoms with van der Waals surface area (Å²) in [6, 6.07) is 0. The third kappa shape index (κ3) is 8.33. The molecule has 0 aliphatic carbocycles. The van der Waals surface area contributed by atoms with Gasteiger partial charge in [0.2, 0.25) is 0 Å². The van der Waals surface area contributed by atoms with Gasteiger partial charge < -0.3 is 4.18 Å². The monoisotopic (exact) mass is 192 g/mol. The van der Waals surface area contributed by atoms with Gasteiger partial charge in [-0.3, -0.25) is 4.79 Å². The van der Waals surface area contributed by atoms with E-state index in [1.807, 2.05) is 0 Å². The molecule has 54 valence electrons. The van der Waals surface area contributed by atoms with Crippen molar-refractivity contribution in [3.05, 3.63) is 0 Å². The van der Waals surface area contributed by atoms with Gasteiger partial charge in [0.1, 0.15) is 12.0 Å². The van der Waals surface area contributed by atoms with E-state index in [2.05, 4.69) is 4.18 Å². The molecule has 0 amide bonds. The first kappa shape index (κ1) is 9.33. The Labute approximate surface area is 65.8 Å². The molecule has 0 atom stereocenters. The van der Waals surface area contributed by atoms with Crippen LogP contribution in [0, 0.1) is 0 Å². The molecule has 0 aliphatic heterocycles. The van der Waals surface area contributed by atoms with Crippen LogP contribution in [0.5, 0.6) is 0 Å². The first-order chi connectivity index (χ1) is 3.92. The Morgan fingerprint density at radius 2 is 2.22 bits per heavy atom. The van der Waals surface area contributed by atoms with Crippen LogP contribution < -0.4 is 0 Å². The molecule has 0 N–H and O–H groups in total. The van der Waals surface area contributed by atoms with Crippen molar-refractivity contribution in [3.8, 4) is 0 Å². The number of rotatable bonds is 2. The summed E-state index contributed by atoms with van der Waals surface area (Å²) in [5.74, 6) is -0.650. The Morgan fingerprint density at radius 3 is 2.33 bits per heavy atom. The summed E-state index contributed by atoms with van der Waals surface area (Å²) in [5.41, 5.74) is 0. The van der Waals surface area contributed by atoms with E-state index in [4.69, 9.17) is 23.2 Å². The highest BCUT2D eigenvalue weighted by Gasteiger charge is 2.25. The average Bonchev–Trinajstić information content (AvgIpc) is 1.59. The number of hydrogen-bond acceptors (Lipinski definition) is 3. The number of carbonyl (C=O) groups is 1. The van der Waals surface area contributed by atoms with E-state index >= 15 is 0 Å². The van der Waals surface area contributed by atoms with Crippen LogP contribution in [-0.2, 0) is 8.98 Å². The van der Waals surface area contributed by atoms with Crippen LogP contribution in [0.25, 0.3) is 0 Å². The maximum Gasteiger partial charge on any atom is 0.340 e. The fourth-order valence-electron chi connectivity index (χ4n) is 0.106. The normalized spacial score (nSPS) is 11.1. The van der Waals surface area contributed by atoms with Crippen molar-refractivity contribution < 1.29 is 13.4 Å². The molecule has 9 heavy (non-hydrogen) atoms. The van der Waals surface area contributed by atoms with E-state index in [9.17, 15) is 9.18 Å². The molecule has 0 rings (SSSR count). The van der Waals surface area contributed by atoms with E-state index < -0.39 is 9.89 Å². The molecular weight excluding hydrogens is 190 g/mol. The number of hydrogen-bond donors (Lipinski definition) is 0. The maximum absolute atomic E-state index is 12.0. The SMILES string of the molecule is CC(=O)OSC(F)(Cl)Cl. The lowest BCUT2D eigenvalue weighted by molar-refractivity contribution is -0.130. The average molecular weight is 193 g/mol. The second-order valence-electron chi connectivity index (χ2n) is 1.10. The van der Waals surface area contributed by atoms with Crippen LogP contribution in [0.2, 0.25) is 0 Å². The van der Waals surface area contributed by atoms with Crippen LogP contribution in [0.15, 0.2) is 0 Å². The first-order valence-corrected chi connectivity index (χ1v) is 3.34. The Balaban J connectivity index is 3.39. The third-order valence-electron chi connectivity index (χ3n) is 0.254. The van der Waals surface area contributed by atoms with E-state index in [0.29, 0.717) is 0 Å². The molecule has 0 bridgehead atoms. The predicted octanol–water partition coefficient (Wildman–Crippen LogP) is 2.26. The zero-order valence-corrected chi connectivity index (χ0v) is 6.69. The van der Waals surface area contributed by atoms with Gasteiger partial charge in [0.05, 0.1) is 0 Å². The molecule has 0 aromatic heterocycles. The highest BCUT2D eigenvalue weighted by Crippen LogP contribution is 2.36. The molecule has 0 unspecified atom stereocenters. The maximum atomic E-state index is 12.0. The van der Waals surface area contributed by atoms with Crippen molar-refractivity contribution in [1.82, 2.24) is 0 Å². The Kier molecular flexibility index (Phi) is 3.61. The van der Waals surface area contributed by atoms with Crippen molar-refractivity contribution >= 4 is 41.2 Å². The third-order valence-corrected chi connectivity index (χ3v) is 1.14. The van der Waals surface area contributed by atoms with E-state index in [0.717, 1.165) is 6.92 Å². The van der Waals surface area contributed by atoms with Crippen molar-refractivity contribution in [2.24, 2.45) is 0 Å². The Bertz CT molecular complexity index is 113. The van der Waals surface area contributed by atoms with Gasteiger partial charge in [0.25, 0.3) is 0 Å². The molecule has 0 radical (unpaired) electrons. The summed E-state index contributed by atoms with van der Waals surface area (Å²) in [4.78, 5) is 9.96. The number of carbonyl (C=O) groups excluding carboxylic acids is 1. The molecule has 0 saturated carbocycles. The Morgan fingerprint density at radius 1 is 1.78 bits per heavy atom. The summed E-state index contributed by atoms with van der Waals surface area (Å²) < 4.78 is 13.5.